The minimum absolute atomic E-state index is 0.0169. The van der Waals surface area contributed by atoms with Crippen LogP contribution in [0.4, 0.5) is 5.00 Å². The minimum atomic E-state index is -0.388. The molecule has 0 unspecified atom stereocenters. The maximum Gasteiger partial charge on any atom is 0.337 e. The van der Waals surface area contributed by atoms with E-state index in [9.17, 15) is 9.59 Å². The molecule has 7 heteroatoms. The molecule has 1 aromatic carbocycles. The topological polar surface area (TPSA) is 80.9 Å². The van der Waals surface area contributed by atoms with Gasteiger partial charge in [0.15, 0.2) is 0 Å². The third kappa shape index (κ3) is 5.25. The van der Waals surface area contributed by atoms with Crippen LogP contribution in [0.25, 0.3) is 11.3 Å². The smallest absolute Gasteiger partial charge is 0.337 e. The van der Waals surface area contributed by atoms with Gasteiger partial charge in [-0.2, -0.15) is 0 Å². The Morgan fingerprint density at radius 3 is 2.74 bits per heavy atom. The first-order valence-corrected chi connectivity index (χ1v) is 13.2. The molecule has 35 heavy (non-hydrogen) atoms. The van der Waals surface area contributed by atoms with Gasteiger partial charge in [-0.25, -0.2) is 9.79 Å². The van der Waals surface area contributed by atoms with Crippen molar-refractivity contribution in [2.45, 2.75) is 63.8 Å². The predicted molar refractivity (Wildman–Crippen MR) is 138 cm³/mol. The van der Waals surface area contributed by atoms with Crippen LogP contribution in [0.1, 0.15) is 81.9 Å². The van der Waals surface area contributed by atoms with Crippen LogP contribution in [0.3, 0.4) is 0 Å². The fourth-order valence-electron chi connectivity index (χ4n) is 5.00. The summed E-state index contributed by atoms with van der Waals surface area (Å²) in [5.74, 6) is 0.857. The summed E-state index contributed by atoms with van der Waals surface area (Å²) < 4.78 is 10.8. The quantitative estimate of drug-likeness (QED) is 0.316. The third-order valence-corrected chi connectivity index (χ3v) is 8.02. The van der Waals surface area contributed by atoms with Crippen molar-refractivity contribution < 1.29 is 18.7 Å². The SMILES string of the molecule is COC(=O)c1cccc(-c2ccc(/C=N\c3sc4c(c3C(=O)NC3CCCCC3)CCCC4)o2)c1. The van der Waals surface area contributed by atoms with Crippen molar-refractivity contribution in [3.8, 4) is 11.3 Å². The normalized spacial score (nSPS) is 16.3. The summed E-state index contributed by atoms with van der Waals surface area (Å²) in [5, 5.41) is 4.05. The van der Waals surface area contributed by atoms with Crippen molar-refractivity contribution in [3.63, 3.8) is 0 Å². The highest BCUT2D eigenvalue weighted by Crippen LogP contribution is 2.40. The number of nitrogens with one attached hydrogen (secondary N) is 1. The molecule has 0 aliphatic heterocycles. The predicted octanol–water partition coefficient (Wildman–Crippen LogP) is 6.49. The summed E-state index contributed by atoms with van der Waals surface area (Å²) >= 11 is 1.63. The molecule has 0 spiro atoms. The lowest BCUT2D eigenvalue weighted by Crippen LogP contribution is -2.36. The van der Waals surface area contributed by atoms with E-state index in [0.29, 0.717) is 17.1 Å². The zero-order chi connectivity index (χ0) is 24.2. The number of hydrogen-bond acceptors (Lipinski definition) is 6. The highest BCUT2D eigenvalue weighted by molar-refractivity contribution is 7.16. The first kappa shape index (κ1) is 23.5. The van der Waals surface area contributed by atoms with Gasteiger partial charge < -0.3 is 14.5 Å². The molecule has 0 atom stereocenters. The van der Waals surface area contributed by atoms with Crippen LogP contribution in [0, 0.1) is 0 Å². The summed E-state index contributed by atoms with van der Waals surface area (Å²) in [6.07, 6.45) is 11.6. The average molecular weight is 491 g/mol. The van der Waals surface area contributed by atoms with E-state index in [2.05, 4.69) is 5.32 Å². The van der Waals surface area contributed by atoms with Gasteiger partial charge in [-0.05, 0) is 68.4 Å². The van der Waals surface area contributed by atoms with Gasteiger partial charge in [0.05, 0.1) is 24.5 Å². The number of ether oxygens (including phenoxy) is 1. The first-order valence-electron chi connectivity index (χ1n) is 12.4. The van der Waals surface area contributed by atoms with E-state index >= 15 is 0 Å². The van der Waals surface area contributed by atoms with Crippen LogP contribution in [-0.2, 0) is 17.6 Å². The van der Waals surface area contributed by atoms with Crippen molar-refractivity contribution >= 4 is 34.4 Å². The zero-order valence-corrected chi connectivity index (χ0v) is 20.8. The molecular weight excluding hydrogens is 460 g/mol. The monoisotopic (exact) mass is 490 g/mol. The summed E-state index contributed by atoms with van der Waals surface area (Å²) in [5.41, 5.74) is 3.19. The van der Waals surface area contributed by atoms with E-state index in [-0.39, 0.29) is 17.9 Å². The second-order valence-electron chi connectivity index (χ2n) is 9.23. The number of thiophene rings is 1. The van der Waals surface area contributed by atoms with Crippen LogP contribution in [0.5, 0.6) is 0 Å². The third-order valence-electron chi connectivity index (χ3n) is 6.82. The number of nitrogens with zero attached hydrogens (tertiary/aromatic N) is 1. The number of amides is 1. The van der Waals surface area contributed by atoms with Gasteiger partial charge in [0.1, 0.15) is 16.5 Å². The van der Waals surface area contributed by atoms with Crippen molar-refractivity contribution in [1.29, 1.82) is 0 Å². The van der Waals surface area contributed by atoms with Gasteiger partial charge in [0, 0.05) is 16.5 Å². The number of esters is 1. The maximum absolute atomic E-state index is 13.3. The number of carbonyl (C=O) groups excluding carboxylic acids is 2. The molecule has 2 aromatic heterocycles. The van der Waals surface area contributed by atoms with Gasteiger partial charge in [0.25, 0.3) is 5.91 Å². The average Bonchev–Trinajstić information content (AvgIpc) is 3.52. The molecule has 182 valence electrons. The molecule has 5 rings (SSSR count). The molecule has 1 saturated carbocycles. The fourth-order valence-corrected chi connectivity index (χ4v) is 6.23. The molecule has 2 aliphatic rings. The Kier molecular flexibility index (Phi) is 7.13. The number of aliphatic imine (C=N–C) groups is 1. The Morgan fingerprint density at radius 1 is 1.09 bits per heavy atom. The van der Waals surface area contributed by atoms with Gasteiger partial charge in [-0.3, -0.25) is 4.79 Å². The number of fused-ring (bicyclic) bond motifs is 1. The molecule has 1 N–H and O–H groups in total. The minimum Gasteiger partial charge on any atom is -0.465 e. The molecule has 0 radical (unpaired) electrons. The molecule has 0 bridgehead atoms. The Labute approximate surface area is 209 Å². The number of aryl methyl sites for hydroxylation is 1. The van der Waals surface area contributed by atoms with Gasteiger partial charge in [0.2, 0.25) is 0 Å². The molecule has 0 saturated heterocycles. The van der Waals surface area contributed by atoms with Crippen LogP contribution in [0.15, 0.2) is 45.8 Å². The Morgan fingerprint density at radius 2 is 1.91 bits per heavy atom. The molecule has 3 aromatic rings. The number of furan rings is 1. The first-order chi connectivity index (χ1) is 17.1. The highest BCUT2D eigenvalue weighted by Gasteiger charge is 2.27. The zero-order valence-electron chi connectivity index (χ0n) is 20.0. The van der Waals surface area contributed by atoms with Crippen LogP contribution in [0.2, 0.25) is 0 Å². The van der Waals surface area contributed by atoms with Gasteiger partial charge >= 0.3 is 5.97 Å². The van der Waals surface area contributed by atoms with Crippen LogP contribution < -0.4 is 5.32 Å². The largest absolute Gasteiger partial charge is 0.465 e. The standard InChI is InChI=1S/C28H30N2O4S/c1-33-28(32)19-9-7-8-18(16-19)23-15-14-21(34-23)17-29-27-25(22-12-5-6-13-24(22)35-27)26(31)30-20-10-3-2-4-11-20/h7-9,14-17,20H,2-6,10-13H2,1H3,(H,30,31)/b29-17-. The molecule has 2 heterocycles. The van der Waals surface area contributed by atoms with E-state index in [1.165, 1.54) is 36.8 Å². The summed E-state index contributed by atoms with van der Waals surface area (Å²) in [6, 6.07) is 11.1. The Bertz CT molecular complexity index is 1250. The highest BCUT2D eigenvalue weighted by atomic mass is 32.1. The van der Waals surface area contributed by atoms with Crippen molar-refractivity contribution in [2.75, 3.05) is 7.11 Å². The van der Waals surface area contributed by atoms with Crippen molar-refractivity contribution in [3.05, 3.63) is 63.7 Å². The number of hydrogen-bond donors (Lipinski definition) is 1. The molecule has 1 amide bonds. The van der Waals surface area contributed by atoms with Crippen molar-refractivity contribution in [1.82, 2.24) is 5.32 Å². The fraction of sp³-hybridized carbons (Fsp3) is 0.393. The summed E-state index contributed by atoms with van der Waals surface area (Å²) in [6.45, 7) is 0. The molecule has 6 nitrogen and oxygen atoms in total. The van der Waals surface area contributed by atoms with Gasteiger partial charge in [-0.15, -0.1) is 11.3 Å². The summed E-state index contributed by atoms with van der Waals surface area (Å²) in [4.78, 5) is 31.2. The lowest BCUT2D eigenvalue weighted by molar-refractivity contribution is 0.0600. The lowest BCUT2D eigenvalue weighted by Gasteiger charge is -2.23. The van der Waals surface area contributed by atoms with Crippen LogP contribution in [-0.4, -0.2) is 31.2 Å². The molecule has 1 fully saturated rings. The Balaban J connectivity index is 1.38. The van der Waals surface area contributed by atoms with Crippen molar-refractivity contribution in [2.24, 2.45) is 4.99 Å². The second-order valence-corrected chi connectivity index (χ2v) is 10.3. The summed E-state index contributed by atoms with van der Waals surface area (Å²) in [7, 11) is 1.36. The number of methoxy groups -OCH3 is 1. The van der Waals surface area contributed by atoms with E-state index in [0.717, 1.165) is 54.7 Å². The van der Waals surface area contributed by atoms with Crippen LogP contribution >= 0.6 is 11.3 Å². The number of rotatable bonds is 6. The maximum atomic E-state index is 13.3. The van der Waals surface area contributed by atoms with E-state index in [1.807, 2.05) is 18.2 Å². The number of carbonyl (C=O) groups is 2. The van der Waals surface area contributed by atoms with Gasteiger partial charge in [-0.1, -0.05) is 31.4 Å². The van der Waals surface area contributed by atoms with E-state index in [1.54, 1.807) is 35.8 Å². The lowest BCUT2D eigenvalue weighted by atomic mass is 9.93. The second kappa shape index (κ2) is 10.6. The number of benzene rings is 1. The van der Waals surface area contributed by atoms with E-state index in [4.69, 9.17) is 14.1 Å². The molecule has 2 aliphatic carbocycles. The molecular formula is C28H30N2O4S. The Hall–Kier alpha value is -3.19. The van der Waals surface area contributed by atoms with E-state index < -0.39 is 0 Å².